The quantitative estimate of drug-likeness (QED) is 0.416. The van der Waals surface area contributed by atoms with Gasteiger partial charge in [-0.3, -0.25) is 15.1 Å². The van der Waals surface area contributed by atoms with Crippen molar-refractivity contribution in [1.82, 2.24) is 35.1 Å². The van der Waals surface area contributed by atoms with E-state index in [-0.39, 0.29) is 5.82 Å². The Balaban J connectivity index is 1.52. The standard InChI is InChI=1S/C24H16FN7/c1-13-8-14(10-15(25)9-13)16-5-7-27-23-21(16)29-24(30-23)22-17-11-19(18-4-2-3-6-26-18)28-12-20(17)31-32-22/h2-12H,1H3,(H,31,32)(H,27,29,30). The molecule has 5 heterocycles. The molecule has 154 valence electrons. The average Bonchev–Trinajstić information content (AvgIpc) is 3.42. The molecule has 0 fully saturated rings. The van der Waals surface area contributed by atoms with Crippen molar-refractivity contribution >= 4 is 22.1 Å². The minimum absolute atomic E-state index is 0.280. The van der Waals surface area contributed by atoms with Gasteiger partial charge < -0.3 is 4.98 Å². The van der Waals surface area contributed by atoms with Gasteiger partial charge in [0.15, 0.2) is 11.5 Å². The summed E-state index contributed by atoms with van der Waals surface area (Å²) in [6, 6.07) is 14.4. The van der Waals surface area contributed by atoms with Crippen molar-refractivity contribution in [3.05, 3.63) is 78.5 Å². The molecule has 0 unspecified atom stereocenters. The van der Waals surface area contributed by atoms with E-state index in [2.05, 4.69) is 35.1 Å². The number of hydrogen-bond donors (Lipinski definition) is 2. The maximum atomic E-state index is 14.0. The normalized spacial score (nSPS) is 11.4. The summed E-state index contributed by atoms with van der Waals surface area (Å²) in [6.07, 6.45) is 5.14. The fraction of sp³-hybridized carbons (Fsp3) is 0.0417. The molecule has 0 saturated heterocycles. The minimum Gasteiger partial charge on any atom is -0.335 e. The zero-order valence-corrected chi connectivity index (χ0v) is 17.0. The Kier molecular flexibility index (Phi) is 4.04. The monoisotopic (exact) mass is 421 g/mol. The van der Waals surface area contributed by atoms with Crippen molar-refractivity contribution in [2.45, 2.75) is 6.92 Å². The van der Waals surface area contributed by atoms with E-state index >= 15 is 0 Å². The highest BCUT2D eigenvalue weighted by Crippen LogP contribution is 2.32. The third-order valence-corrected chi connectivity index (χ3v) is 5.34. The molecule has 0 aliphatic carbocycles. The SMILES string of the molecule is Cc1cc(F)cc(-c2ccnc3nc(-c4n[nH]c5cnc(-c6ccccn6)cc45)[nH]c23)c1. The van der Waals surface area contributed by atoms with Crippen molar-refractivity contribution in [2.24, 2.45) is 0 Å². The van der Waals surface area contributed by atoms with Crippen LogP contribution in [0.15, 0.2) is 67.1 Å². The largest absolute Gasteiger partial charge is 0.335 e. The van der Waals surface area contributed by atoms with Gasteiger partial charge in [0.1, 0.15) is 11.5 Å². The van der Waals surface area contributed by atoms with Crippen LogP contribution >= 0.6 is 0 Å². The Labute approximate surface area is 181 Å². The summed E-state index contributed by atoms with van der Waals surface area (Å²) in [4.78, 5) is 21.3. The van der Waals surface area contributed by atoms with Crippen LogP contribution in [-0.2, 0) is 0 Å². The molecule has 7 nitrogen and oxygen atoms in total. The number of fused-ring (bicyclic) bond motifs is 2. The first-order valence-electron chi connectivity index (χ1n) is 10.0. The lowest BCUT2D eigenvalue weighted by atomic mass is 10.0. The molecule has 32 heavy (non-hydrogen) atoms. The first-order chi connectivity index (χ1) is 15.7. The molecule has 6 rings (SSSR count). The van der Waals surface area contributed by atoms with E-state index in [0.29, 0.717) is 17.2 Å². The number of pyridine rings is 3. The highest BCUT2D eigenvalue weighted by Gasteiger charge is 2.17. The van der Waals surface area contributed by atoms with Gasteiger partial charge in [0.25, 0.3) is 0 Å². The highest BCUT2D eigenvalue weighted by molar-refractivity contribution is 5.96. The number of rotatable bonds is 3. The molecule has 0 amide bonds. The van der Waals surface area contributed by atoms with E-state index < -0.39 is 0 Å². The molecule has 0 aliphatic rings. The van der Waals surface area contributed by atoms with Gasteiger partial charge >= 0.3 is 0 Å². The van der Waals surface area contributed by atoms with Gasteiger partial charge in [-0.25, -0.2) is 14.4 Å². The second kappa shape index (κ2) is 7.05. The van der Waals surface area contributed by atoms with E-state index in [4.69, 9.17) is 0 Å². The number of hydrogen-bond acceptors (Lipinski definition) is 5. The second-order valence-electron chi connectivity index (χ2n) is 7.56. The topological polar surface area (TPSA) is 96.0 Å². The van der Waals surface area contributed by atoms with Crippen molar-refractivity contribution in [2.75, 3.05) is 0 Å². The Bertz CT molecular complexity index is 1580. The van der Waals surface area contributed by atoms with Crippen LogP contribution in [0.25, 0.3) is 56.1 Å². The molecule has 1 aromatic carbocycles. The Hall–Kier alpha value is -4.46. The number of halogens is 1. The molecule has 0 saturated carbocycles. The summed E-state index contributed by atoms with van der Waals surface area (Å²) >= 11 is 0. The minimum atomic E-state index is -0.280. The first-order valence-corrected chi connectivity index (χ1v) is 10.0. The van der Waals surface area contributed by atoms with E-state index in [1.807, 2.05) is 43.3 Å². The van der Waals surface area contributed by atoms with E-state index in [1.54, 1.807) is 18.6 Å². The van der Waals surface area contributed by atoms with Crippen LogP contribution in [0.2, 0.25) is 0 Å². The lowest BCUT2D eigenvalue weighted by Crippen LogP contribution is -1.87. The lowest BCUT2D eigenvalue weighted by Gasteiger charge is -2.04. The van der Waals surface area contributed by atoms with Gasteiger partial charge in [0.05, 0.1) is 28.6 Å². The number of nitrogens with zero attached hydrogens (tertiary/aromatic N) is 5. The highest BCUT2D eigenvalue weighted by atomic mass is 19.1. The van der Waals surface area contributed by atoms with Crippen LogP contribution in [0.5, 0.6) is 0 Å². The van der Waals surface area contributed by atoms with E-state index in [1.165, 1.54) is 12.1 Å². The van der Waals surface area contributed by atoms with Crippen molar-refractivity contribution in [1.29, 1.82) is 0 Å². The summed E-state index contributed by atoms with van der Waals surface area (Å²) in [5.41, 5.74) is 6.65. The van der Waals surface area contributed by atoms with Gasteiger partial charge in [0.2, 0.25) is 0 Å². The summed E-state index contributed by atoms with van der Waals surface area (Å²) in [7, 11) is 0. The number of aryl methyl sites for hydroxylation is 1. The van der Waals surface area contributed by atoms with Crippen LogP contribution in [0, 0.1) is 12.7 Å². The van der Waals surface area contributed by atoms with Crippen LogP contribution in [0.4, 0.5) is 4.39 Å². The molecule has 0 radical (unpaired) electrons. The fourth-order valence-corrected chi connectivity index (χ4v) is 3.91. The third kappa shape index (κ3) is 3.01. The molecular formula is C24H16FN7. The molecule has 0 atom stereocenters. The van der Waals surface area contributed by atoms with Gasteiger partial charge in [-0.2, -0.15) is 5.10 Å². The van der Waals surface area contributed by atoms with Crippen molar-refractivity contribution < 1.29 is 4.39 Å². The molecule has 0 bridgehead atoms. The van der Waals surface area contributed by atoms with Crippen LogP contribution in [0.3, 0.4) is 0 Å². The summed E-state index contributed by atoms with van der Waals surface area (Å²) in [5, 5.41) is 8.33. The van der Waals surface area contributed by atoms with Crippen LogP contribution in [0.1, 0.15) is 5.56 Å². The molecule has 0 spiro atoms. The average molecular weight is 421 g/mol. The molecule has 2 N–H and O–H groups in total. The number of imidazole rings is 1. The van der Waals surface area contributed by atoms with Crippen molar-refractivity contribution in [3.63, 3.8) is 0 Å². The van der Waals surface area contributed by atoms with Crippen molar-refractivity contribution in [3.8, 4) is 34.0 Å². The Morgan fingerprint density at radius 3 is 2.69 bits per heavy atom. The van der Waals surface area contributed by atoms with Gasteiger partial charge in [-0.15, -0.1) is 0 Å². The smallest absolute Gasteiger partial charge is 0.178 e. The third-order valence-electron chi connectivity index (χ3n) is 5.34. The number of aromatic nitrogens is 7. The Morgan fingerprint density at radius 2 is 1.84 bits per heavy atom. The van der Waals surface area contributed by atoms with Crippen LogP contribution in [-0.4, -0.2) is 35.1 Å². The van der Waals surface area contributed by atoms with Gasteiger partial charge in [-0.1, -0.05) is 12.1 Å². The molecule has 0 aliphatic heterocycles. The summed E-state index contributed by atoms with van der Waals surface area (Å²) in [6.45, 7) is 1.87. The molecule has 6 aromatic rings. The first kappa shape index (κ1) is 18.3. The zero-order valence-electron chi connectivity index (χ0n) is 17.0. The predicted molar refractivity (Wildman–Crippen MR) is 120 cm³/mol. The van der Waals surface area contributed by atoms with Gasteiger partial charge in [0, 0.05) is 23.3 Å². The number of nitrogens with one attached hydrogen (secondary N) is 2. The van der Waals surface area contributed by atoms with Gasteiger partial charge in [-0.05, 0) is 54.4 Å². The van der Waals surface area contributed by atoms with E-state index in [9.17, 15) is 4.39 Å². The predicted octanol–water partition coefficient (Wildman–Crippen LogP) is 5.07. The van der Waals surface area contributed by atoms with Crippen LogP contribution < -0.4 is 0 Å². The zero-order chi connectivity index (χ0) is 21.7. The van der Waals surface area contributed by atoms with E-state index in [0.717, 1.165) is 44.5 Å². The summed E-state index contributed by atoms with van der Waals surface area (Å²) < 4.78 is 14.0. The number of aromatic amines is 2. The lowest BCUT2D eigenvalue weighted by molar-refractivity contribution is 0.627. The summed E-state index contributed by atoms with van der Waals surface area (Å²) in [5.74, 6) is 0.287. The number of benzene rings is 1. The maximum Gasteiger partial charge on any atom is 0.178 e. The Morgan fingerprint density at radius 1 is 0.906 bits per heavy atom. The maximum absolute atomic E-state index is 14.0. The molecular weight excluding hydrogens is 405 g/mol. The molecule has 5 aromatic heterocycles. The second-order valence-corrected chi connectivity index (χ2v) is 7.56. The molecule has 8 heteroatoms. The number of H-pyrrole nitrogens is 2. The fourth-order valence-electron chi connectivity index (χ4n) is 3.91.